The zero-order chi connectivity index (χ0) is 22.0. The van der Waals surface area contributed by atoms with E-state index in [0.717, 1.165) is 16.1 Å². The summed E-state index contributed by atoms with van der Waals surface area (Å²) in [5.74, 6) is -0.109. The Morgan fingerprint density at radius 1 is 1.06 bits per heavy atom. The van der Waals surface area contributed by atoms with Crippen molar-refractivity contribution >= 4 is 33.3 Å². The van der Waals surface area contributed by atoms with Crippen LogP contribution in [0.15, 0.2) is 60.3 Å². The molecular formula is C22H22N4O3S2. The van der Waals surface area contributed by atoms with E-state index in [1.165, 1.54) is 15.6 Å². The molecule has 0 atom stereocenters. The monoisotopic (exact) mass is 454 g/mol. The lowest BCUT2D eigenvalue weighted by molar-refractivity contribution is 0.0702. The summed E-state index contributed by atoms with van der Waals surface area (Å²) in [6.07, 6.45) is 5.05. The Morgan fingerprint density at radius 3 is 2.32 bits per heavy atom. The van der Waals surface area contributed by atoms with Crippen LogP contribution in [0, 0.1) is 6.92 Å². The number of sulfonamides is 1. The number of hydrogen-bond acceptors (Lipinski definition) is 6. The predicted octanol–water partition coefficient (Wildman–Crippen LogP) is 3.30. The Morgan fingerprint density at radius 2 is 1.71 bits per heavy atom. The van der Waals surface area contributed by atoms with E-state index in [0.29, 0.717) is 23.7 Å². The molecule has 0 radical (unpaired) electrons. The molecule has 0 bridgehead atoms. The lowest BCUT2D eigenvalue weighted by Gasteiger charge is -2.33. The molecule has 2 aromatic heterocycles. The van der Waals surface area contributed by atoms with Crippen LogP contribution in [-0.2, 0) is 10.0 Å². The van der Waals surface area contributed by atoms with E-state index in [2.05, 4.69) is 16.5 Å². The Labute approximate surface area is 185 Å². The second-order valence-electron chi connectivity index (χ2n) is 7.14. The van der Waals surface area contributed by atoms with Crippen molar-refractivity contribution in [1.29, 1.82) is 0 Å². The van der Waals surface area contributed by atoms with E-state index < -0.39 is 10.0 Å². The summed E-state index contributed by atoms with van der Waals surface area (Å²) >= 11 is 1.35. The number of nitrogens with zero attached hydrogens (tertiary/aromatic N) is 4. The van der Waals surface area contributed by atoms with E-state index in [1.807, 2.05) is 19.1 Å². The smallest absolute Gasteiger partial charge is 0.265 e. The number of piperazine rings is 1. The van der Waals surface area contributed by atoms with Gasteiger partial charge in [-0.2, -0.15) is 4.31 Å². The third-order valence-corrected chi connectivity index (χ3v) is 8.30. The third kappa shape index (κ3) is 4.30. The number of carbonyl (C=O) groups is 1. The normalized spacial score (nSPS) is 15.1. The fourth-order valence-electron chi connectivity index (χ4n) is 3.41. The second-order valence-corrected chi connectivity index (χ2v) is 10.1. The topological polar surface area (TPSA) is 83.5 Å². The lowest BCUT2D eigenvalue weighted by atomic mass is 10.2. The van der Waals surface area contributed by atoms with E-state index >= 15 is 0 Å². The highest BCUT2D eigenvalue weighted by Gasteiger charge is 2.31. The number of rotatable bonds is 5. The van der Waals surface area contributed by atoms with Gasteiger partial charge in [0.05, 0.1) is 10.6 Å². The molecular weight excluding hydrogens is 432 g/mol. The van der Waals surface area contributed by atoms with Crippen LogP contribution < -0.4 is 0 Å². The van der Waals surface area contributed by atoms with Gasteiger partial charge in [-0.1, -0.05) is 24.8 Å². The van der Waals surface area contributed by atoms with Crippen molar-refractivity contribution < 1.29 is 13.2 Å². The summed E-state index contributed by atoms with van der Waals surface area (Å²) in [4.78, 5) is 24.1. The first-order valence-corrected chi connectivity index (χ1v) is 12.1. The first-order valence-electron chi connectivity index (χ1n) is 9.80. The van der Waals surface area contributed by atoms with Gasteiger partial charge in [-0.25, -0.2) is 13.4 Å². The van der Waals surface area contributed by atoms with Crippen molar-refractivity contribution in [1.82, 2.24) is 19.2 Å². The quantitative estimate of drug-likeness (QED) is 0.591. The van der Waals surface area contributed by atoms with Crippen LogP contribution in [0.25, 0.3) is 16.6 Å². The van der Waals surface area contributed by atoms with E-state index in [1.54, 1.807) is 47.6 Å². The molecule has 1 saturated heterocycles. The molecule has 3 aromatic rings. The average molecular weight is 455 g/mol. The summed E-state index contributed by atoms with van der Waals surface area (Å²) in [5, 5.41) is 0.771. The van der Waals surface area contributed by atoms with Crippen LogP contribution in [0.4, 0.5) is 0 Å². The average Bonchev–Trinajstić information content (AvgIpc) is 3.21. The predicted molar refractivity (Wildman–Crippen MR) is 121 cm³/mol. The highest BCUT2D eigenvalue weighted by atomic mass is 32.2. The van der Waals surface area contributed by atoms with E-state index in [9.17, 15) is 13.2 Å². The van der Waals surface area contributed by atoms with Crippen LogP contribution in [-0.4, -0.2) is 59.7 Å². The molecule has 7 nitrogen and oxygen atoms in total. The van der Waals surface area contributed by atoms with Crippen LogP contribution in [0.5, 0.6) is 0 Å². The number of amides is 1. The maximum absolute atomic E-state index is 13.1. The molecule has 0 unspecified atom stereocenters. The lowest BCUT2D eigenvalue weighted by Crippen LogP contribution is -2.50. The molecule has 1 amide bonds. The molecule has 9 heteroatoms. The maximum Gasteiger partial charge on any atom is 0.265 e. The van der Waals surface area contributed by atoms with Gasteiger partial charge in [0.25, 0.3) is 5.91 Å². The molecule has 1 aromatic carbocycles. The highest BCUT2D eigenvalue weighted by molar-refractivity contribution is 7.89. The molecule has 0 N–H and O–H groups in total. The number of aryl methyl sites for hydroxylation is 1. The fraction of sp³-hybridized carbons (Fsp3) is 0.227. The molecule has 31 heavy (non-hydrogen) atoms. The number of benzene rings is 1. The zero-order valence-corrected chi connectivity index (χ0v) is 18.7. The summed E-state index contributed by atoms with van der Waals surface area (Å²) in [5.41, 5.74) is 2.46. The molecule has 1 aliphatic rings. The van der Waals surface area contributed by atoms with Gasteiger partial charge in [0.15, 0.2) is 0 Å². The van der Waals surface area contributed by atoms with Gasteiger partial charge < -0.3 is 4.90 Å². The second kappa shape index (κ2) is 8.70. The van der Waals surface area contributed by atoms with Crippen molar-refractivity contribution in [3.63, 3.8) is 0 Å². The summed E-state index contributed by atoms with van der Waals surface area (Å²) in [6, 6.07) is 10.4. The Hall–Kier alpha value is -2.88. The van der Waals surface area contributed by atoms with Crippen LogP contribution >= 0.6 is 11.3 Å². The molecule has 3 heterocycles. The Kier molecular flexibility index (Phi) is 5.99. The van der Waals surface area contributed by atoms with Gasteiger partial charge in [0, 0.05) is 44.1 Å². The molecule has 0 spiro atoms. The van der Waals surface area contributed by atoms with Crippen molar-refractivity contribution in [2.75, 3.05) is 26.2 Å². The number of aromatic nitrogens is 2. The molecule has 0 saturated carbocycles. The van der Waals surface area contributed by atoms with E-state index in [-0.39, 0.29) is 23.9 Å². The first-order chi connectivity index (χ1) is 14.9. The number of thiazole rings is 1. The number of hydrogen-bond donors (Lipinski definition) is 0. The summed E-state index contributed by atoms with van der Waals surface area (Å²) in [7, 11) is -3.60. The highest BCUT2D eigenvalue weighted by Crippen LogP contribution is 2.29. The molecule has 0 aliphatic carbocycles. The minimum absolute atomic E-state index is 0.109. The largest absolute Gasteiger partial charge is 0.335 e. The van der Waals surface area contributed by atoms with Crippen LogP contribution in [0.3, 0.4) is 0 Å². The first kappa shape index (κ1) is 21.4. The van der Waals surface area contributed by atoms with E-state index in [4.69, 9.17) is 0 Å². The molecule has 160 valence electrons. The maximum atomic E-state index is 13.1. The van der Waals surface area contributed by atoms with Crippen LogP contribution in [0.1, 0.15) is 20.9 Å². The fourth-order valence-corrected chi connectivity index (χ4v) is 5.87. The van der Waals surface area contributed by atoms with Crippen molar-refractivity contribution in [3.8, 4) is 10.6 Å². The molecule has 1 aliphatic heterocycles. The summed E-state index contributed by atoms with van der Waals surface area (Å²) < 4.78 is 27.3. The van der Waals surface area contributed by atoms with Crippen molar-refractivity contribution in [2.24, 2.45) is 0 Å². The zero-order valence-electron chi connectivity index (χ0n) is 17.1. The summed E-state index contributed by atoms with van der Waals surface area (Å²) in [6.45, 7) is 6.69. The number of pyridine rings is 1. The van der Waals surface area contributed by atoms with Crippen LogP contribution in [0.2, 0.25) is 0 Å². The molecule has 4 rings (SSSR count). The third-order valence-electron chi connectivity index (χ3n) is 5.20. The van der Waals surface area contributed by atoms with Gasteiger partial charge in [0.2, 0.25) is 10.0 Å². The van der Waals surface area contributed by atoms with Gasteiger partial charge >= 0.3 is 0 Å². The minimum Gasteiger partial charge on any atom is -0.335 e. The molecule has 1 fully saturated rings. The SMILES string of the molecule is C=Cc1ccc(S(=O)(=O)N2CCN(C(=O)c3sc(-c4ccncc4)nc3C)CC2)cc1. The Bertz CT molecular complexity index is 1200. The van der Waals surface area contributed by atoms with Crippen molar-refractivity contribution in [2.45, 2.75) is 11.8 Å². The van der Waals surface area contributed by atoms with Gasteiger partial charge in [-0.05, 0) is 36.8 Å². The Balaban J connectivity index is 1.45. The standard InChI is InChI=1S/C22H22N4O3S2/c1-3-17-4-6-19(7-5-17)31(28,29)26-14-12-25(13-15-26)22(27)20-16(2)24-21(30-20)18-8-10-23-11-9-18/h3-11H,1,12-15H2,2H3. The van der Waals surface area contributed by atoms with Gasteiger partial charge in [-0.15, -0.1) is 11.3 Å². The van der Waals surface area contributed by atoms with Gasteiger partial charge in [-0.3, -0.25) is 9.78 Å². The van der Waals surface area contributed by atoms with Crippen molar-refractivity contribution in [3.05, 3.63) is 71.5 Å². The van der Waals surface area contributed by atoms with Gasteiger partial charge in [0.1, 0.15) is 9.88 Å². The minimum atomic E-state index is -3.60. The number of carbonyl (C=O) groups excluding carboxylic acids is 1.